The van der Waals surface area contributed by atoms with Crippen molar-refractivity contribution in [3.05, 3.63) is 17.7 Å². The Labute approximate surface area is 145 Å². The van der Waals surface area contributed by atoms with Crippen molar-refractivity contribution in [2.75, 3.05) is 26.3 Å². The molecule has 1 heterocycles. The van der Waals surface area contributed by atoms with Crippen LogP contribution in [-0.4, -0.2) is 50.1 Å². The summed E-state index contributed by atoms with van der Waals surface area (Å²) < 4.78 is 37.9. The lowest BCUT2D eigenvalue weighted by Gasteiger charge is -2.24. The first kappa shape index (κ1) is 17.5. The zero-order valence-electron chi connectivity index (χ0n) is 13.5. The number of ether oxygens (including phenoxy) is 2. The third-order valence-electron chi connectivity index (χ3n) is 4.12. The first-order valence-corrected chi connectivity index (χ1v) is 9.41. The van der Waals surface area contributed by atoms with Crippen molar-refractivity contribution in [3.8, 4) is 17.6 Å². The summed E-state index contributed by atoms with van der Waals surface area (Å²) in [7, 11) is -3.93. The molecule has 0 radical (unpaired) electrons. The fraction of sp³-hybridized carbons (Fsp3) is 0.500. The average Bonchev–Trinajstić information content (AvgIpc) is 3.41. The van der Waals surface area contributed by atoms with E-state index in [1.54, 1.807) is 0 Å². The van der Waals surface area contributed by atoms with E-state index in [4.69, 9.17) is 14.7 Å². The van der Waals surface area contributed by atoms with E-state index in [9.17, 15) is 18.3 Å². The van der Waals surface area contributed by atoms with Gasteiger partial charge in [0.05, 0.1) is 11.0 Å². The Kier molecular flexibility index (Phi) is 4.83. The molecular formula is C16H18N2O6S. The number of carboxylic acids is 1. The molecule has 2 aliphatic rings. The van der Waals surface area contributed by atoms with Gasteiger partial charge >= 0.3 is 5.97 Å². The van der Waals surface area contributed by atoms with Gasteiger partial charge in [-0.2, -0.15) is 9.57 Å². The van der Waals surface area contributed by atoms with E-state index < -0.39 is 16.0 Å². The number of fused-ring (bicyclic) bond motifs is 1. The van der Waals surface area contributed by atoms with Gasteiger partial charge in [-0.05, 0) is 24.8 Å². The number of hydrogen-bond acceptors (Lipinski definition) is 6. The highest BCUT2D eigenvalue weighted by atomic mass is 32.2. The van der Waals surface area contributed by atoms with Crippen LogP contribution >= 0.6 is 0 Å². The Bertz CT molecular complexity index is 826. The lowest BCUT2D eigenvalue weighted by Crippen LogP contribution is -2.34. The number of sulfonamides is 1. The van der Waals surface area contributed by atoms with Crippen molar-refractivity contribution in [2.24, 2.45) is 5.92 Å². The van der Waals surface area contributed by atoms with E-state index >= 15 is 0 Å². The van der Waals surface area contributed by atoms with Gasteiger partial charge in [0, 0.05) is 25.6 Å². The van der Waals surface area contributed by atoms with Gasteiger partial charge in [0.2, 0.25) is 10.0 Å². The minimum Gasteiger partial charge on any atom is -0.486 e. The second-order valence-corrected chi connectivity index (χ2v) is 7.95. The predicted octanol–water partition coefficient (Wildman–Crippen LogP) is 1.47. The Morgan fingerprint density at radius 1 is 1.32 bits per heavy atom. The van der Waals surface area contributed by atoms with Gasteiger partial charge in [0.25, 0.3) is 0 Å². The zero-order chi connectivity index (χ0) is 18.0. The Morgan fingerprint density at radius 3 is 2.68 bits per heavy atom. The zero-order valence-corrected chi connectivity index (χ0v) is 14.3. The van der Waals surface area contributed by atoms with Crippen LogP contribution in [0.2, 0.25) is 0 Å². The molecule has 8 nitrogen and oxygen atoms in total. The summed E-state index contributed by atoms with van der Waals surface area (Å²) in [5.74, 6) is -0.839. The van der Waals surface area contributed by atoms with Gasteiger partial charge < -0.3 is 14.6 Å². The van der Waals surface area contributed by atoms with Gasteiger partial charge in [-0.25, -0.2) is 13.2 Å². The van der Waals surface area contributed by atoms with Gasteiger partial charge in [0.1, 0.15) is 18.8 Å². The molecule has 1 aliphatic carbocycles. The molecule has 134 valence electrons. The van der Waals surface area contributed by atoms with Crippen LogP contribution in [0.3, 0.4) is 0 Å². The van der Waals surface area contributed by atoms with Crippen LogP contribution in [0.5, 0.6) is 11.5 Å². The van der Waals surface area contributed by atoms with Gasteiger partial charge in [-0.15, -0.1) is 0 Å². The molecule has 1 aliphatic heterocycles. The van der Waals surface area contributed by atoms with Crippen molar-refractivity contribution in [2.45, 2.75) is 24.2 Å². The maximum absolute atomic E-state index is 13.0. The van der Waals surface area contributed by atoms with Gasteiger partial charge in [0.15, 0.2) is 11.5 Å². The number of carboxylic acid groups (broad SMARTS) is 1. The monoisotopic (exact) mass is 366 g/mol. The molecule has 0 unspecified atom stereocenters. The van der Waals surface area contributed by atoms with Crippen molar-refractivity contribution in [1.82, 2.24) is 4.31 Å². The second-order valence-electron chi connectivity index (χ2n) is 6.01. The first-order chi connectivity index (χ1) is 11.9. The van der Waals surface area contributed by atoms with Crippen LogP contribution in [0.4, 0.5) is 0 Å². The van der Waals surface area contributed by atoms with Crippen LogP contribution in [0.1, 0.15) is 29.6 Å². The minimum atomic E-state index is -3.93. The Balaban J connectivity index is 2.01. The highest BCUT2D eigenvalue weighted by Crippen LogP contribution is 2.38. The summed E-state index contributed by atoms with van der Waals surface area (Å²) in [4.78, 5) is 11.3. The first-order valence-electron chi connectivity index (χ1n) is 7.97. The molecule has 1 N–H and O–H groups in total. The topological polar surface area (TPSA) is 117 Å². The summed E-state index contributed by atoms with van der Waals surface area (Å²) in [5.41, 5.74) is -0.248. The third-order valence-corrected chi connectivity index (χ3v) is 5.96. The molecule has 0 saturated heterocycles. The van der Waals surface area contributed by atoms with Crippen LogP contribution in [0.15, 0.2) is 17.0 Å². The summed E-state index contributed by atoms with van der Waals surface area (Å²) in [6.45, 7) is 0.832. The number of nitriles is 1. The van der Waals surface area contributed by atoms with Gasteiger partial charge in [-0.1, -0.05) is 0 Å². The molecule has 1 aromatic rings. The van der Waals surface area contributed by atoms with Crippen molar-refractivity contribution in [1.29, 1.82) is 5.26 Å². The summed E-state index contributed by atoms with van der Waals surface area (Å²) in [6, 6.07) is 4.34. The quantitative estimate of drug-likeness (QED) is 0.776. The fourth-order valence-electron chi connectivity index (χ4n) is 2.66. The summed E-state index contributed by atoms with van der Waals surface area (Å²) in [5, 5.41) is 18.2. The molecule has 0 atom stereocenters. The normalized spacial score (nSPS) is 16.5. The number of benzene rings is 1. The van der Waals surface area contributed by atoms with Crippen LogP contribution in [0, 0.1) is 17.2 Å². The summed E-state index contributed by atoms with van der Waals surface area (Å²) in [6.07, 6.45) is 1.99. The molecule has 9 heteroatoms. The van der Waals surface area contributed by atoms with Crippen molar-refractivity contribution < 1.29 is 27.8 Å². The number of aromatic carboxylic acids is 1. The van der Waals surface area contributed by atoms with E-state index in [2.05, 4.69) is 0 Å². The molecule has 0 amide bonds. The van der Waals surface area contributed by atoms with Gasteiger partial charge in [-0.3, -0.25) is 0 Å². The highest BCUT2D eigenvalue weighted by Gasteiger charge is 2.33. The van der Waals surface area contributed by atoms with Crippen molar-refractivity contribution in [3.63, 3.8) is 0 Å². The van der Waals surface area contributed by atoms with Crippen LogP contribution in [-0.2, 0) is 10.0 Å². The number of rotatable bonds is 7. The van der Waals surface area contributed by atoms with E-state index in [0.717, 1.165) is 18.9 Å². The number of carbonyl (C=O) groups is 1. The molecular weight excluding hydrogens is 348 g/mol. The maximum Gasteiger partial charge on any atom is 0.339 e. The maximum atomic E-state index is 13.0. The van der Waals surface area contributed by atoms with E-state index in [1.165, 1.54) is 10.4 Å². The molecule has 3 rings (SSSR count). The van der Waals surface area contributed by atoms with E-state index in [-0.39, 0.29) is 48.1 Å². The standard InChI is InChI=1S/C16H18N2O6S/c17-4-1-5-18(10-11-2-3-11)25(21,22)12-8-13(16(19)20)15-14(9-12)23-6-7-24-15/h8-9,11H,1-3,5-7,10H2,(H,19,20). The van der Waals surface area contributed by atoms with Crippen LogP contribution < -0.4 is 9.47 Å². The predicted molar refractivity (Wildman–Crippen MR) is 86.1 cm³/mol. The average molecular weight is 366 g/mol. The lowest BCUT2D eigenvalue weighted by molar-refractivity contribution is 0.0685. The summed E-state index contributed by atoms with van der Waals surface area (Å²) >= 11 is 0. The smallest absolute Gasteiger partial charge is 0.339 e. The van der Waals surface area contributed by atoms with Crippen LogP contribution in [0.25, 0.3) is 0 Å². The Morgan fingerprint density at radius 2 is 2.04 bits per heavy atom. The molecule has 1 fully saturated rings. The molecule has 0 spiro atoms. The van der Waals surface area contributed by atoms with E-state index in [0.29, 0.717) is 12.5 Å². The third kappa shape index (κ3) is 3.70. The molecule has 0 aromatic heterocycles. The second kappa shape index (κ2) is 6.90. The molecule has 1 saturated carbocycles. The number of hydrogen-bond donors (Lipinski definition) is 1. The number of nitrogens with zero attached hydrogens (tertiary/aromatic N) is 2. The minimum absolute atomic E-state index is 0.0449. The molecule has 1 aromatic carbocycles. The van der Waals surface area contributed by atoms with E-state index in [1.807, 2.05) is 6.07 Å². The lowest BCUT2D eigenvalue weighted by atomic mass is 10.2. The Hall–Kier alpha value is -2.31. The largest absolute Gasteiger partial charge is 0.486 e. The SMILES string of the molecule is N#CCCN(CC1CC1)S(=O)(=O)c1cc2c(c(C(=O)O)c1)OCCO2. The molecule has 0 bridgehead atoms. The fourth-order valence-corrected chi connectivity index (χ4v) is 4.22. The highest BCUT2D eigenvalue weighted by molar-refractivity contribution is 7.89. The van der Waals surface area contributed by atoms with Crippen molar-refractivity contribution >= 4 is 16.0 Å². The molecule has 25 heavy (non-hydrogen) atoms.